The fourth-order valence-electron chi connectivity index (χ4n) is 3.37. The largest absolute Gasteiger partial charge is 0.379 e. The third-order valence-electron chi connectivity index (χ3n) is 5.04. The Labute approximate surface area is 133 Å². The minimum absolute atomic E-state index is 0.748. The maximum Gasteiger partial charge on any atom is 0.0594 e. The second-order valence-corrected chi connectivity index (χ2v) is 7.09. The van der Waals surface area contributed by atoms with E-state index in [4.69, 9.17) is 4.74 Å². The maximum absolute atomic E-state index is 5.43. The summed E-state index contributed by atoms with van der Waals surface area (Å²) in [5, 5.41) is 0. The molecule has 0 aliphatic carbocycles. The topological polar surface area (TPSA) is 12.5 Å². The van der Waals surface area contributed by atoms with Crippen molar-refractivity contribution in [2.75, 3.05) is 26.3 Å². The van der Waals surface area contributed by atoms with Gasteiger partial charge in [-0.2, -0.15) is 0 Å². The number of nitrogens with zero attached hydrogens (tertiary/aromatic N) is 1. The van der Waals surface area contributed by atoms with Crippen molar-refractivity contribution < 1.29 is 4.74 Å². The minimum Gasteiger partial charge on any atom is -0.379 e. The molecule has 1 fully saturated rings. The van der Waals surface area contributed by atoms with E-state index < -0.39 is 0 Å². The summed E-state index contributed by atoms with van der Waals surface area (Å²) in [6.45, 7) is 11.3. The predicted molar refractivity (Wildman–Crippen MR) is 92.9 cm³/mol. The van der Waals surface area contributed by atoms with Crippen LogP contribution >= 0.6 is 0 Å². The van der Waals surface area contributed by atoms with Crippen molar-refractivity contribution in [3.63, 3.8) is 0 Å². The van der Waals surface area contributed by atoms with Gasteiger partial charge in [0, 0.05) is 19.1 Å². The Morgan fingerprint density at radius 2 is 1.38 bits per heavy atom. The maximum atomic E-state index is 5.43. The first-order chi connectivity index (χ1) is 10.2. The molecule has 0 aromatic rings. The van der Waals surface area contributed by atoms with Crippen molar-refractivity contribution in [1.29, 1.82) is 0 Å². The quantitative estimate of drug-likeness (QED) is 0.455. The van der Waals surface area contributed by atoms with Gasteiger partial charge in [0.05, 0.1) is 13.2 Å². The molecule has 0 amide bonds. The lowest BCUT2D eigenvalue weighted by atomic mass is 9.95. The van der Waals surface area contributed by atoms with Gasteiger partial charge in [-0.1, -0.05) is 71.6 Å². The molecule has 2 unspecified atom stereocenters. The summed E-state index contributed by atoms with van der Waals surface area (Å²) in [5.74, 6) is 0.935. The van der Waals surface area contributed by atoms with E-state index in [2.05, 4.69) is 25.7 Å². The molecule has 1 rings (SSSR count). The average molecular weight is 298 g/mol. The zero-order valence-corrected chi connectivity index (χ0v) is 14.9. The van der Waals surface area contributed by atoms with Gasteiger partial charge in [0.25, 0.3) is 0 Å². The normalized spacial score (nSPS) is 19.6. The molecular formula is C19H39NO. The molecule has 2 nitrogen and oxygen atoms in total. The summed E-state index contributed by atoms with van der Waals surface area (Å²) >= 11 is 0. The minimum atomic E-state index is 0.748. The van der Waals surface area contributed by atoms with Gasteiger partial charge in [-0.25, -0.2) is 0 Å². The molecule has 1 saturated heterocycles. The predicted octanol–water partition coefficient (Wildman–Crippen LogP) is 5.26. The monoisotopic (exact) mass is 297 g/mol. The summed E-state index contributed by atoms with van der Waals surface area (Å²) < 4.78 is 5.43. The first-order valence-corrected chi connectivity index (χ1v) is 9.55. The van der Waals surface area contributed by atoms with Crippen molar-refractivity contribution in [1.82, 2.24) is 4.90 Å². The van der Waals surface area contributed by atoms with Crippen molar-refractivity contribution in [3.05, 3.63) is 0 Å². The molecule has 0 radical (unpaired) electrons. The Morgan fingerprint density at radius 1 is 0.810 bits per heavy atom. The summed E-state index contributed by atoms with van der Waals surface area (Å²) in [6.07, 6.45) is 14.2. The van der Waals surface area contributed by atoms with E-state index in [-0.39, 0.29) is 0 Å². The van der Waals surface area contributed by atoms with E-state index in [1.807, 2.05) is 0 Å². The van der Waals surface area contributed by atoms with E-state index in [9.17, 15) is 0 Å². The Morgan fingerprint density at radius 3 is 2.05 bits per heavy atom. The molecule has 21 heavy (non-hydrogen) atoms. The first-order valence-electron chi connectivity index (χ1n) is 9.55. The Bertz CT molecular complexity index is 226. The number of hydrogen-bond acceptors (Lipinski definition) is 2. The highest BCUT2D eigenvalue weighted by atomic mass is 16.5. The van der Waals surface area contributed by atoms with Crippen LogP contribution in [-0.4, -0.2) is 37.2 Å². The number of hydrogen-bond donors (Lipinski definition) is 0. The molecule has 126 valence electrons. The van der Waals surface area contributed by atoms with Gasteiger partial charge in [-0.15, -0.1) is 0 Å². The molecule has 0 aromatic heterocycles. The van der Waals surface area contributed by atoms with Gasteiger partial charge in [0.2, 0.25) is 0 Å². The lowest BCUT2D eigenvalue weighted by molar-refractivity contribution is 0.0181. The lowest BCUT2D eigenvalue weighted by Crippen LogP contribution is -2.42. The van der Waals surface area contributed by atoms with Crippen molar-refractivity contribution in [2.45, 2.75) is 91.0 Å². The standard InChI is InChI=1S/C19H39NO/c1-4-5-6-7-8-11-18(2)12-9-10-13-19(3)20-14-16-21-17-15-20/h18-19H,4-17H2,1-3H3. The van der Waals surface area contributed by atoms with Crippen LogP contribution in [0.15, 0.2) is 0 Å². The van der Waals surface area contributed by atoms with Gasteiger partial charge in [0.15, 0.2) is 0 Å². The Kier molecular flexibility index (Phi) is 11.3. The highest BCUT2D eigenvalue weighted by Crippen LogP contribution is 2.19. The molecule has 0 N–H and O–H groups in total. The van der Waals surface area contributed by atoms with Crippen LogP contribution in [0.1, 0.15) is 85.0 Å². The molecular weight excluding hydrogens is 258 g/mol. The van der Waals surface area contributed by atoms with E-state index in [0.717, 1.165) is 38.3 Å². The number of morpholine rings is 1. The summed E-state index contributed by atoms with van der Waals surface area (Å²) in [7, 11) is 0. The molecule has 0 bridgehead atoms. The fraction of sp³-hybridized carbons (Fsp3) is 1.00. The number of rotatable bonds is 12. The number of ether oxygens (including phenoxy) is 1. The van der Waals surface area contributed by atoms with Crippen molar-refractivity contribution in [2.24, 2.45) is 5.92 Å². The van der Waals surface area contributed by atoms with Crippen LogP contribution in [0.2, 0.25) is 0 Å². The van der Waals surface area contributed by atoms with Crippen LogP contribution in [0.4, 0.5) is 0 Å². The molecule has 0 saturated carbocycles. The molecule has 1 heterocycles. The molecule has 1 aliphatic heterocycles. The molecule has 2 heteroatoms. The zero-order valence-electron chi connectivity index (χ0n) is 14.9. The van der Waals surface area contributed by atoms with Crippen LogP contribution in [-0.2, 0) is 4.74 Å². The van der Waals surface area contributed by atoms with E-state index in [1.165, 1.54) is 64.2 Å². The average Bonchev–Trinajstić information content (AvgIpc) is 2.52. The summed E-state index contributed by atoms with van der Waals surface area (Å²) in [6, 6.07) is 0.748. The molecule has 2 atom stereocenters. The van der Waals surface area contributed by atoms with E-state index in [0.29, 0.717) is 0 Å². The second-order valence-electron chi connectivity index (χ2n) is 7.09. The zero-order chi connectivity index (χ0) is 15.3. The van der Waals surface area contributed by atoms with Crippen LogP contribution in [0.5, 0.6) is 0 Å². The van der Waals surface area contributed by atoms with Gasteiger partial charge in [-0.3, -0.25) is 4.90 Å². The Hall–Kier alpha value is -0.0800. The lowest BCUT2D eigenvalue weighted by Gasteiger charge is -2.32. The second kappa shape index (κ2) is 12.5. The molecule has 0 aromatic carbocycles. The molecule has 0 spiro atoms. The SMILES string of the molecule is CCCCCCCC(C)CCCCC(C)N1CCOCC1. The van der Waals surface area contributed by atoms with Crippen molar-refractivity contribution >= 4 is 0 Å². The van der Waals surface area contributed by atoms with Crippen molar-refractivity contribution in [3.8, 4) is 0 Å². The van der Waals surface area contributed by atoms with Crippen LogP contribution in [0, 0.1) is 5.92 Å². The van der Waals surface area contributed by atoms with E-state index in [1.54, 1.807) is 0 Å². The Balaban J connectivity index is 1.92. The number of unbranched alkanes of at least 4 members (excludes halogenated alkanes) is 5. The third kappa shape index (κ3) is 9.52. The van der Waals surface area contributed by atoms with Crippen LogP contribution in [0.3, 0.4) is 0 Å². The third-order valence-corrected chi connectivity index (χ3v) is 5.04. The first kappa shape index (κ1) is 19.0. The van der Waals surface area contributed by atoms with Gasteiger partial charge >= 0.3 is 0 Å². The van der Waals surface area contributed by atoms with Gasteiger partial charge in [-0.05, 0) is 19.3 Å². The fourth-order valence-corrected chi connectivity index (χ4v) is 3.37. The van der Waals surface area contributed by atoms with E-state index >= 15 is 0 Å². The smallest absolute Gasteiger partial charge is 0.0594 e. The van der Waals surface area contributed by atoms with Gasteiger partial charge in [0.1, 0.15) is 0 Å². The highest BCUT2D eigenvalue weighted by Gasteiger charge is 2.16. The summed E-state index contributed by atoms with van der Waals surface area (Å²) in [5.41, 5.74) is 0. The van der Waals surface area contributed by atoms with Crippen LogP contribution < -0.4 is 0 Å². The molecule has 1 aliphatic rings. The highest BCUT2D eigenvalue weighted by molar-refractivity contribution is 4.70. The van der Waals surface area contributed by atoms with Crippen LogP contribution in [0.25, 0.3) is 0 Å². The van der Waals surface area contributed by atoms with Gasteiger partial charge < -0.3 is 4.74 Å². The summed E-state index contributed by atoms with van der Waals surface area (Å²) in [4.78, 5) is 2.60.